The van der Waals surface area contributed by atoms with Gasteiger partial charge in [-0.2, -0.15) is 0 Å². The van der Waals surface area contributed by atoms with Gasteiger partial charge in [0.2, 0.25) is 5.79 Å². The minimum atomic E-state index is -2.44. The van der Waals surface area contributed by atoms with E-state index >= 15 is 0 Å². The number of rotatable bonds is 10. The predicted octanol–water partition coefficient (Wildman–Crippen LogP) is 6.98. The fraction of sp³-hybridized carbons (Fsp3) is 0.764. The molecule has 4 rings (SSSR count). The topological polar surface area (TPSA) is 205 Å². The van der Waals surface area contributed by atoms with Crippen molar-refractivity contribution in [3.8, 4) is 0 Å². The number of aliphatic hydroxyl groups excluding tert-OH is 2. The van der Waals surface area contributed by atoms with Crippen molar-refractivity contribution in [2.24, 2.45) is 35.5 Å². The molecule has 0 aromatic carbocycles. The van der Waals surface area contributed by atoms with Crippen LogP contribution in [0.3, 0.4) is 0 Å². The van der Waals surface area contributed by atoms with Gasteiger partial charge in [-0.05, 0) is 121 Å². The van der Waals surface area contributed by atoms with E-state index < -0.39 is 77.8 Å². The molecule has 1 aliphatic carbocycles. The predicted molar refractivity (Wildman–Crippen MR) is 265 cm³/mol. The van der Waals surface area contributed by atoms with Gasteiger partial charge in [0.15, 0.2) is 5.78 Å². The van der Waals surface area contributed by atoms with Crippen molar-refractivity contribution in [1.29, 1.82) is 0 Å². The minimum absolute atomic E-state index is 0.0114. The molecule has 15 nitrogen and oxygen atoms in total. The van der Waals surface area contributed by atoms with E-state index in [4.69, 9.17) is 28.4 Å². The van der Waals surface area contributed by atoms with Crippen LogP contribution in [0.25, 0.3) is 0 Å². The Labute approximate surface area is 417 Å². The first-order valence-corrected chi connectivity index (χ1v) is 26.0. The number of Topliss-reactive ketones (excluding diaryl/α,β-unsaturated/α-hetero) is 3. The highest BCUT2D eigenvalue weighted by Crippen LogP contribution is 2.38. The molecule has 70 heavy (non-hydrogen) atoms. The number of hydrogen-bond acceptors (Lipinski definition) is 14. The van der Waals surface area contributed by atoms with Gasteiger partial charge in [0, 0.05) is 51.4 Å². The van der Waals surface area contributed by atoms with E-state index in [0.717, 1.165) is 12.0 Å². The highest BCUT2D eigenvalue weighted by molar-refractivity contribution is 6.39. The molecule has 3 aliphatic heterocycles. The van der Waals surface area contributed by atoms with Crippen molar-refractivity contribution in [2.45, 2.75) is 200 Å². The summed E-state index contributed by atoms with van der Waals surface area (Å²) in [5, 5.41) is 32.9. The van der Waals surface area contributed by atoms with E-state index in [1.807, 2.05) is 71.9 Å². The maximum atomic E-state index is 14.5. The molecule has 0 aromatic rings. The average Bonchev–Trinajstić information content (AvgIpc) is 3.32. The number of hydrogen-bond donors (Lipinski definition) is 3. The van der Waals surface area contributed by atoms with Crippen LogP contribution in [-0.4, -0.2) is 144 Å². The number of cyclic esters (lactones) is 1. The fourth-order valence-electron chi connectivity index (χ4n) is 10.7. The summed E-state index contributed by atoms with van der Waals surface area (Å²) in [6, 6.07) is -1.15. The van der Waals surface area contributed by atoms with Crippen LogP contribution in [-0.2, 0) is 52.4 Å². The Morgan fingerprint density at radius 3 is 2.26 bits per heavy atom. The van der Waals surface area contributed by atoms with E-state index in [1.165, 1.54) is 12.0 Å². The number of aliphatic hydroxyl groups is 3. The largest absolute Gasteiger partial charge is 0.460 e. The van der Waals surface area contributed by atoms with Gasteiger partial charge in [0.05, 0.1) is 43.7 Å². The lowest BCUT2D eigenvalue weighted by atomic mass is 9.78. The summed E-state index contributed by atoms with van der Waals surface area (Å²) in [5.74, 6) is -7.99. The number of esters is 1. The Hall–Kier alpha value is -3.41. The van der Waals surface area contributed by atoms with Gasteiger partial charge in [-0.25, -0.2) is 4.79 Å². The van der Waals surface area contributed by atoms with Crippen LogP contribution in [0.2, 0.25) is 0 Å². The highest BCUT2D eigenvalue weighted by atomic mass is 16.6. The quantitative estimate of drug-likeness (QED) is 0.115. The van der Waals surface area contributed by atoms with Gasteiger partial charge in [-0.15, -0.1) is 0 Å². The van der Waals surface area contributed by atoms with Gasteiger partial charge in [0.25, 0.3) is 11.7 Å². The zero-order valence-corrected chi connectivity index (χ0v) is 44.0. The van der Waals surface area contributed by atoms with Gasteiger partial charge in [-0.1, -0.05) is 71.1 Å². The molecule has 2 bridgehead atoms. The Balaban J connectivity index is 1.71. The number of methoxy groups -OCH3 is 2. The molecule has 396 valence electrons. The van der Waals surface area contributed by atoms with E-state index in [2.05, 4.69) is 0 Å². The number of amides is 1. The van der Waals surface area contributed by atoms with E-state index in [1.54, 1.807) is 34.0 Å². The second-order valence-electron chi connectivity index (χ2n) is 21.1. The molecular formula is C55H87NO14. The van der Waals surface area contributed by atoms with Crippen LogP contribution in [0, 0.1) is 35.5 Å². The molecule has 2 saturated heterocycles. The lowest BCUT2D eigenvalue weighted by molar-refractivity contribution is -0.266. The Kier molecular flexibility index (Phi) is 23.8. The van der Waals surface area contributed by atoms with Crippen molar-refractivity contribution < 1.29 is 67.7 Å². The normalized spacial score (nSPS) is 38.5. The fourth-order valence-corrected chi connectivity index (χ4v) is 10.7. The van der Waals surface area contributed by atoms with Crippen LogP contribution < -0.4 is 0 Å². The summed E-state index contributed by atoms with van der Waals surface area (Å²) in [7, 11) is 3.01. The molecule has 3 fully saturated rings. The SMILES string of the molecule is CO[C@@H]1C[C@H](C[C@@H](C)[C@@H]2CC(=O)[C@H](C)/C=C(\C)[C@@H](O)[C@@H](OC)C(=O)[C@H](C)C[C@H](C)/C=C/C=C/C=C(\C)[C@H](OC(C)C)C[C@@H]3CC[C@@H](C)[C@@](O)(O3)C(=O)C(=O)N3CCCC[C@H]3C(=O)O2)CC[C@H]1OCCO. The summed E-state index contributed by atoms with van der Waals surface area (Å²) in [4.78, 5) is 72.5. The van der Waals surface area contributed by atoms with Crippen molar-refractivity contribution in [3.05, 3.63) is 47.6 Å². The number of fused-ring (bicyclic) bond motifs is 3. The summed E-state index contributed by atoms with van der Waals surface area (Å²) in [6.07, 6.45) is 11.9. The molecule has 0 aromatic heterocycles. The number of ketones is 3. The van der Waals surface area contributed by atoms with Crippen molar-refractivity contribution in [1.82, 2.24) is 4.90 Å². The lowest BCUT2D eigenvalue weighted by Gasteiger charge is -2.43. The maximum Gasteiger partial charge on any atom is 0.329 e. The van der Waals surface area contributed by atoms with Crippen LogP contribution in [0.15, 0.2) is 47.6 Å². The van der Waals surface area contributed by atoms with Gasteiger partial charge >= 0.3 is 5.97 Å². The molecule has 1 amide bonds. The summed E-state index contributed by atoms with van der Waals surface area (Å²) >= 11 is 0. The third-order valence-corrected chi connectivity index (χ3v) is 15.0. The third kappa shape index (κ3) is 16.3. The number of carbonyl (C=O) groups is 5. The number of carbonyl (C=O) groups excluding carboxylic acids is 5. The molecule has 3 heterocycles. The molecule has 4 aliphatic rings. The second-order valence-corrected chi connectivity index (χ2v) is 21.1. The first-order valence-electron chi connectivity index (χ1n) is 26.0. The van der Waals surface area contributed by atoms with E-state index in [9.17, 15) is 39.3 Å². The summed E-state index contributed by atoms with van der Waals surface area (Å²) < 4.78 is 36.2. The Bertz CT molecular complexity index is 1860. The molecule has 15 heteroatoms. The van der Waals surface area contributed by atoms with Crippen molar-refractivity contribution in [3.63, 3.8) is 0 Å². The number of allylic oxidation sites excluding steroid dienone is 6. The summed E-state index contributed by atoms with van der Waals surface area (Å²) in [6.45, 7) is 16.8. The average molecular weight is 986 g/mol. The smallest absolute Gasteiger partial charge is 0.329 e. The van der Waals surface area contributed by atoms with Crippen molar-refractivity contribution in [2.75, 3.05) is 34.0 Å². The lowest BCUT2D eigenvalue weighted by Crippen LogP contribution is -2.61. The minimum Gasteiger partial charge on any atom is -0.460 e. The number of piperidine rings is 1. The number of ether oxygens (including phenoxy) is 6. The van der Waals surface area contributed by atoms with Crippen LogP contribution in [0.1, 0.15) is 139 Å². The van der Waals surface area contributed by atoms with E-state index in [-0.39, 0.29) is 80.2 Å². The number of nitrogens with zero attached hydrogens (tertiary/aromatic N) is 1. The second kappa shape index (κ2) is 28.2. The van der Waals surface area contributed by atoms with Crippen LogP contribution >= 0.6 is 0 Å². The monoisotopic (exact) mass is 986 g/mol. The van der Waals surface area contributed by atoms with Gasteiger partial charge < -0.3 is 48.6 Å². The zero-order chi connectivity index (χ0) is 51.9. The Morgan fingerprint density at radius 2 is 1.59 bits per heavy atom. The molecule has 1 saturated carbocycles. The van der Waals surface area contributed by atoms with Gasteiger partial charge in [0.1, 0.15) is 30.1 Å². The molecular weight excluding hydrogens is 899 g/mol. The molecule has 0 unspecified atom stereocenters. The Morgan fingerprint density at radius 1 is 0.857 bits per heavy atom. The zero-order valence-electron chi connectivity index (χ0n) is 44.0. The van der Waals surface area contributed by atoms with Crippen LogP contribution in [0.4, 0.5) is 0 Å². The van der Waals surface area contributed by atoms with Gasteiger partial charge in [-0.3, -0.25) is 19.2 Å². The molecule has 0 spiro atoms. The van der Waals surface area contributed by atoms with Crippen molar-refractivity contribution >= 4 is 29.2 Å². The van der Waals surface area contributed by atoms with Crippen LogP contribution in [0.5, 0.6) is 0 Å². The molecule has 0 radical (unpaired) electrons. The molecule has 15 atom stereocenters. The maximum absolute atomic E-state index is 14.5. The third-order valence-electron chi connectivity index (χ3n) is 15.0. The molecule has 3 N–H and O–H groups in total. The highest BCUT2D eigenvalue weighted by Gasteiger charge is 2.53. The first-order chi connectivity index (χ1) is 33.1. The standard InChI is InChI=1S/C55H87NO14/c1-33(2)68-46-31-42-22-20-40(9)55(64,70-42)52(61)53(62)56-24-16-15-19-43(56)54(63)69-47(37(6)29-41-21-23-45(67-26-25-57)48(30-41)65-10)32-44(58)36(5)28-39(8)50(60)51(66-11)49(59)38(7)27-34(3)17-13-12-14-18-35(46)4/h12-14,17-18,28,33-34,36-38,40-43,45-48,50-51,57,60,64H,15-16,19-27,29-32H2,1-11H3/b14-12+,17-13+,35-18+,39-28+/t34-,36-,37-,38-,40-,41+,42+,43+,45-,46-,47+,48-,50-,51+,55-/m1/s1. The summed E-state index contributed by atoms with van der Waals surface area (Å²) in [5.41, 5.74) is 1.28. The van der Waals surface area contributed by atoms with E-state index in [0.29, 0.717) is 63.4 Å². The first kappa shape index (κ1) is 59.2.